The molecule has 0 saturated heterocycles. The Balaban J connectivity index is 1.80. The number of carbonyl (C=O) groups is 1. The van der Waals surface area contributed by atoms with Crippen LogP contribution in [0.5, 0.6) is 0 Å². The van der Waals surface area contributed by atoms with Crippen molar-refractivity contribution in [3.63, 3.8) is 0 Å². The van der Waals surface area contributed by atoms with Gasteiger partial charge in [-0.1, -0.05) is 29.8 Å². The molecule has 3 nitrogen and oxygen atoms in total. The Kier molecular flexibility index (Phi) is 3.65. The predicted molar refractivity (Wildman–Crippen MR) is 86.7 cm³/mol. The van der Waals surface area contributed by atoms with E-state index in [2.05, 4.69) is 5.32 Å². The van der Waals surface area contributed by atoms with Crippen LogP contribution in [0.2, 0.25) is 4.34 Å². The first kappa shape index (κ1) is 13.4. The van der Waals surface area contributed by atoms with Gasteiger partial charge in [0, 0.05) is 15.0 Å². The second-order valence-corrected chi connectivity index (χ2v) is 7.08. The van der Waals surface area contributed by atoms with E-state index in [1.54, 1.807) is 0 Å². The first-order valence-electron chi connectivity index (χ1n) is 5.94. The molecule has 0 aliphatic rings. The van der Waals surface area contributed by atoms with Crippen LogP contribution in [0.1, 0.15) is 14.5 Å². The molecule has 0 bridgehead atoms. The van der Waals surface area contributed by atoms with Crippen LogP contribution >= 0.6 is 34.3 Å². The van der Waals surface area contributed by atoms with Gasteiger partial charge in [0.2, 0.25) is 0 Å². The van der Waals surface area contributed by atoms with E-state index in [9.17, 15) is 4.79 Å². The number of hydrogen-bond acceptors (Lipinski definition) is 4. The zero-order valence-electron chi connectivity index (χ0n) is 10.4. The number of nitrogen functional groups attached to an aromatic ring is 1. The molecule has 2 aromatic heterocycles. The van der Waals surface area contributed by atoms with Gasteiger partial charge in [0.1, 0.15) is 4.88 Å². The summed E-state index contributed by atoms with van der Waals surface area (Å²) in [6, 6.07) is 11.5. The van der Waals surface area contributed by atoms with Crippen molar-refractivity contribution in [2.75, 3.05) is 5.73 Å². The van der Waals surface area contributed by atoms with Crippen LogP contribution in [-0.4, -0.2) is 5.91 Å². The molecule has 2 heterocycles. The molecular weight excluding hydrogens is 312 g/mol. The molecule has 0 fully saturated rings. The van der Waals surface area contributed by atoms with Gasteiger partial charge >= 0.3 is 0 Å². The summed E-state index contributed by atoms with van der Waals surface area (Å²) in [5.41, 5.74) is 6.59. The molecule has 0 saturated carbocycles. The van der Waals surface area contributed by atoms with Crippen LogP contribution in [0.15, 0.2) is 36.4 Å². The fourth-order valence-electron chi connectivity index (χ4n) is 1.93. The monoisotopic (exact) mass is 322 g/mol. The van der Waals surface area contributed by atoms with Crippen LogP contribution in [0.3, 0.4) is 0 Å². The average molecular weight is 323 g/mol. The fraction of sp³-hybridized carbons (Fsp3) is 0.0714. The van der Waals surface area contributed by atoms with Gasteiger partial charge in [-0.2, -0.15) is 0 Å². The zero-order chi connectivity index (χ0) is 14.1. The minimum Gasteiger partial charge on any atom is -0.397 e. The highest BCUT2D eigenvalue weighted by Crippen LogP contribution is 2.33. The van der Waals surface area contributed by atoms with Gasteiger partial charge in [-0.05, 0) is 18.2 Å². The largest absolute Gasteiger partial charge is 0.397 e. The van der Waals surface area contributed by atoms with Gasteiger partial charge in [0.05, 0.1) is 16.6 Å². The molecule has 102 valence electrons. The molecule has 0 unspecified atom stereocenters. The van der Waals surface area contributed by atoms with Crippen LogP contribution < -0.4 is 11.1 Å². The van der Waals surface area contributed by atoms with Gasteiger partial charge in [0.25, 0.3) is 5.91 Å². The number of nitrogens with two attached hydrogens (primary N) is 1. The van der Waals surface area contributed by atoms with Crippen molar-refractivity contribution in [2.24, 2.45) is 0 Å². The maximum absolute atomic E-state index is 12.2. The topological polar surface area (TPSA) is 55.1 Å². The normalized spacial score (nSPS) is 10.8. The van der Waals surface area contributed by atoms with Crippen molar-refractivity contribution < 1.29 is 4.79 Å². The second-order valence-electron chi connectivity index (χ2n) is 4.23. The Labute approximate surface area is 129 Å². The Morgan fingerprint density at radius 1 is 1.20 bits per heavy atom. The van der Waals surface area contributed by atoms with Gasteiger partial charge < -0.3 is 11.1 Å². The molecule has 3 rings (SSSR count). The lowest BCUT2D eigenvalue weighted by Gasteiger charge is -2.02. The number of fused-ring (bicyclic) bond motifs is 1. The van der Waals surface area contributed by atoms with E-state index in [1.807, 2.05) is 36.4 Å². The van der Waals surface area contributed by atoms with Gasteiger partial charge in [-0.3, -0.25) is 4.79 Å². The van der Waals surface area contributed by atoms with Crippen molar-refractivity contribution in [3.05, 3.63) is 50.5 Å². The Morgan fingerprint density at radius 2 is 2.00 bits per heavy atom. The molecular formula is C14H11ClN2OS2. The number of halogens is 1. The molecule has 0 aliphatic carbocycles. The van der Waals surface area contributed by atoms with Gasteiger partial charge in [-0.25, -0.2) is 0 Å². The first-order valence-corrected chi connectivity index (χ1v) is 7.95. The van der Waals surface area contributed by atoms with Crippen molar-refractivity contribution in [1.29, 1.82) is 0 Å². The summed E-state index contributed by atoms with van der Waals surface area (Å²) in [7, 11) is 0. The molecule has 1 amide bonds. The molecule has 3 aromatic rings. The minimum atomic E-state index is -0.145. The van der Waals surface area contributed by atoms with Crippen LogP contribution in [0, 0.1) is 0 Å². The standard InChI is InChI=1S/C14H11ClN2OS2/c15-11-6-5-8(19-11)7-17-14(18)13-12(16)9-3-1-2-4-10(9)20-13/h1-6H,7,16H2,(H,17,18). The lowest BCUT2D eigenvalue weighted by atomic mass is 10.2. The Bertz CT molecular complexity index is 778. The van der Waals surface area contributed by atoms with Crippen molar-refractivity contribution in [1.82, 2.24) is 5.32 Å². The third kappa shape index (κ3) is 2.52. The lowest BCUT2D eigenvalue weighted by molar-refractivity contribution is 0.0956. The van der Waals surface area contributed by atoms with E-state index in [0.29, 0.717) is 17.1 Å². The summed E-state index contributed by atoms with van der Waals surface area (Å²) >= 11 is 8.73. The number of amides is 1. The summed E-state index contributed by atoms with van der Waals surface area (Å²) in [5, 5.41) is 3.81. The third-order valence-electron chi connectivity index (χ3n) is 2.89. The summed E-state index contributed by atoms with van der Waals surface area (Å²) in [5.74, 6) is -0.145. The number of rotatable bonds is 3. The van der Waals surface area contributed by atoms with Crippen molar-refractivity contribution >= 4 is 56.0 Å². The van der Waals surface area contributed by atoms with E-state index in [1.165, 1.54) is 22.7 Å². The maximum atomic E-state index is 12.2. The van der Waals surface area contributed by atoms with Gasteiger partial charge in [-0.15, -0.1) is 22.7 Å². The molecule has 0 spiro atoms. The zero-order valence-corrected chi connectivity index (χ0v) is 12.7. The summed E-state index contributed by atoms with van der Waals surface area (Å²) < 4.78 is 1.74. The second kappa shape index (κ2) is 5.44. The molecule has 6 heteroatoms. The van der Waals surface area contributed by atoms with E-state index in [0.717, 1.165) is 19.3 Å². The highest BCUT2D eigenvalue weighted by molar-refractivity contribution is 7.21. The minimum absolute atomic E-state index is 0.145. The van der Waals surface area contributed by atoms with Crippen LogP contribution in [0.4, 0.5) is 5.69 Å². The van der Waals surface area contributed by atoms with E-state index >= 15 is 0 Å². The number of carbonyl (C=O) groups excluding carboxylic acids is 1. The number of nitrogens with one attached hydrogen (secondary N) is 1. The van der Waals surface area contributed by atoms with Crippen LogP contribution in [0.25, 0.3) is 10.1 Å². The number of benzene rings is 1. The molecule has 3 N–H and O–H groups in total. The lowest BCUT2D eigenvalue weighted by Crippen LogP contribution is -2.22. The molecule has 0 aliphatic heterocycles. The quantitative estimate of drug-likeness (QED) is 0.761. The molecule has 20 heavy (non-hydrogen) atoms. The number of anilines is 1. The van der Waals surface area contributed by atoms with E-state index < -0.39 is 0 Å². The maximum Gasteiger partial charge on any atom is 0.263 e. The molecule has 0 radical (unpaired) electrons. The fourth-order valence-corrected chi connectivity index (χ4v) is 4.00. The smallest absolute Gasteiger partial charge is 0.263 e. The highest BCUT2D eigenvalue weighted by Gasteiger charge is 2.15. The van der Waals surface area contributed by atoms with E-state index in [-0.39, 0.29) is 5.91 Å². The summed E-state index contributed by atoms with van der Waals surface area (Å²) in [4.78, 5) is 13.8. The predicted octanol–water partition coefficient (Wildman–Crippen LogP) is 4.13. The number of thiophene rings is 2. The van der Waals surface area contributed by atoms with Gasteiger partial charge in [0.15, 0.2) is 0 Å². The van der Waals surface area contributed by atoms with Crippen molar-refractivity contribution in [2.45, 2.75) is 6.54 Å². The SMILES string of the molecule is Nc1c(C(=O)NCc2ccc(Cl)s2)sc2ccccc12. The third-order valence-corrected chi connectivity index (χ3v) is 5.31. The Morgan fingerprint density at radius 3 is 2.70 bits per heavy atom. The van der Waals surface area contributed by atoms with Crippen LogP contribution in [-0.2, 0) is 6.54 Å². The summed E-state index contributed by atoms with van der Waals surface area (Å²) in [6.07, 6.45) is 0. The average Bonchev–Trinajstić information content (AvgIpc) is 3.01. The number of hydrogen-bond donors (Lipinski definition) is 2. The summed E-state index contributed by atoms with van der Waals surface area (Å²) in [6.45, 7) is 0.462. The van der Waals surface area contributed by atoms with E-state index in [4.69, 9.17) is 17.3 Å². The van der Waals surface area contributed by atoms with Crippen molar-refractivity contribution in [3.8, 4) is 0 Å². The molecule has 1 aromatic carbocycles. The Hall–Kier alpha value is -1.56. The highest BCUT2D eigenvalue weighted by atomic mass is 35.5. The first-order chi connectivity index (χ1) is 9.65. The molecule has 0 atom stereocenters.